The van der Waals surface area contributed by atoms with E-state index in [9.17, 15) is 4.79 Å². The molecule has 0 fully saturated rings. The Hall–Kier alpha value is -3.23. The van der Waals surface area contributed by atoms with Crippen molar-refractivity contribution in [2.45, 2.75) is 19.9 Å². The van der Waals surface area contributed by atoms with E-state index in [-0.39, 0.29) is 5.91 Å². The normalized spacial score (nSPS) is 11.5. The molecule has 1 atom stereocenters. The fourth-order valence-electron chi connectivity index (χ4n) is 2.65. The van der Waals surface area contributed by atoms with Crippen molar-refractivity contribution in [2.75, 3.05) is 0 Å². The maximum atomic E-state index is 12.8. The van der Waals surface area contributed by atoms with Gasteiger partial charge in [-0.05, 0) is 61.4 Å². The minimum absolute atomic E-state index is 0.272. The van der Waals surface area contributed by atoms with Gasteiger partial charge in [0.1, 0.15) is 6.04 Å². The molecule has 6 heteroatoms. The summed E-state index contributed by atoms with van der Waals surface area (Å²) < 4.78 is 0. The van der Waals surface area contributed by atoms with Crippen LogP contribution in [-0.4, -0.2) is 15.9 Å². The summed E-state index contributed by atoms with van der Waals surface area (Å²) in [5, 5.41) is 12.6. The van der Waals surface area contributed by atoms with Gasteiger partial charge in [-0.3, -0.25) is 14.8 Å². The molecule has 0 bridgehead atoms. The predicted molar refractivity (Wildman–Crippen MR) is 103 cm³/mol. The fourth-order valence-corrected chi connectivity index (χ4v) is 2.76. The molecule has 0 saturated carbocycles. The minimum atomic E-state index is -0.522. The van der Waals surface area contributed by atoms with Crippen molar-refractivity contribution in [1.29, 1.82) is 5.26 Å². The standard InChI is InChI=1S/C21H17ClN4O/c1-13-3-7-18(24-11-13)20(19-8-6-17(22)12-25-19)26-21(27)15-4-5-16(10-23)14(2)9-15/h3-9,11-12,20H,1-2H3,(H,26,27)/t20-/m1/s1. The van der Waals surface area contributed by atoms with Crippen molar-refractivity contribution >= 4 is 17.5 Å². The number of halogens is 1. The number of pyridine rings is 2. The first-order valence-electron chi connectivity index (χ1n) is 8.33. The molecular formula is C21H17ClN4O. The van der Waals surface area contributed by atoms with E-state index in [4.69, 9.17) is 16.9 Å². The summed E-state index contributed by atoms with van der Waals surface area (Å²) in [7, 11) is 0. The van der Waals surface area contributed by atoms with E-state index < -0.39 is 6.04 Å². The van der Waals surface area contributed by atoms with Crippen LogP contribution in [0, 0.1) is 25.2 Å². The Balaban J connectivity index is 1.94. The molecule has 0 saturated heterocycles. The molecule has 2 heterocycles. The molecule has 0 aliphatic rings. The molecule has 2 aromatic heterocycles. The SMILES string of the molecule is Cc1ccc([C@@H](NC(=O)c2ccc(C#N)c(C)c2)c2ccc(Cl)cn2)nc1. The molecular weight excluding hydrogens is 360 g/mol. The average molecular weight is 377 g/mol. The zero-order valence-electron chi connectivity index (χ0n) is 14.9. The van der Waals surface area contributed by atoms with Crippen molar-refractivity contribution in [3.63, 3.8) is 0 Å². The van der Waals surface area contributed by atoms with Gasteiger partial charge in [0, 0.05) is 18.0 Å². The summed E-state index contributed by atoms with van der Waals surface area (Å²) in [5.74, 6) is -0.272. The number of carbonyl (C=O) groups excluding carboxylic acids is 1. The van der Waals surface area contributed by atoms with E-state index in [1.807, 2.05) is 19.1 Å². The van der Waals surface area contributed by atoms with Crippen LogP contribution in [0.1, 0.15) is 44.5 Å². The lowest BCUT2D eigenvalue weighted by atomic mass is 10.0. The third-order valence-corrected chi connectivity index (χ3v) is 4.38. The molecule has 0 unspecified atom stereocenters. The van der Waals surface area contributed by atoms with Crippen LogP contribution in [0.2, 0.25) is 5.02 Å². The lowest BCUT2D eigenvalue weighted by Crippen LogP contribution is -2.30. The third kappa shape index (κ3) is 4.30. The van der Waals surface area contributed by atoms with Gasteiger partial charge in [0.25, 0.3) is 5.91 Å². The minimum Gasteiger partial charge on any atom is -0.338 e. The maximum Gasteiger partial charge on any atom is 0.252 e. The number of aromatic nitrogens is 2. The summed E-state index contributed by atoms with van der Waals surface area (Å²) >= 11 is 5.94. The van der Waals surface area contributed by atoms with Crippen LogP contribution >= 0.6 is 11.6 Å². The topological polar surface area (TPSA) is 78.7 Å². The van der Waals surface area contributed by atoms with Crippen LogP contribution < -0.4 is 5.32 Å². The summed E-state index contributed by atoms with van der Waals surface area (Å²) in [6, 6.07) is 13.8. The lowest BCUT2D eigenvalue weighted by molar-refractivity contribution is 0.0941. The number of amides is 1. The van der Waals surface area contributed by atoms with Gasteiger partial charge in [-0.1, -0.05) is 17.7 Å². The van der Waals surface area contributed by atoms with Gasteiger partial charge >= 0.3 is 0 Å². The molecule has 1 amide bonds. The Morgan fingerprint density at radius 1 is 1.07 bits per heavy atom. The van der Waals surface area contributed by atoms with E-state index in [0.29, 0.717) is 27.5 Å². The van der Waals surface area contributed by atoms with E-state index >= 15 is 0 Å². The summed E-state index contributed by atoms with van der Waals surface area (Å²) in [6.07, 6.45) is 3.28. The monoisotopic (exact) mass is 376 g/mol. The van der Waals surface area contributed by atoms with Crippen LogP contribution in [-0.2, 0) is 0 Å². The smallest absolute Gasteiger partial charge is 0.252 e. The first kappa shape index (κ1) is 18.6. The van der Waals surface area contributed by atoms with Gasteiger partial charge in [-0.2, -0.15) is 5.26 Å². The van der Waals surface area contributed by atoms with E-state index in [0.717, 1.165) is 11.1 Å². The quantitative estimate of drug-likeness (QED) is 0.742. The Kier molecular flexibility index (Phi) is 5.49. The molecule has 3 aromatic rings. The number of rotatable bonds is 4. The highest BCUT2D eigenvalue weighted by molar-refractivity contribution is 6.30. The van der Waals surface area contributed by atoms with Crippen LogP contribution in [0.4, 0.5) is 0 Å². The van der Waals surface area contributed by atoms with Gasteiger partial charge in [0.2, 0.25) is 0 Å². The lowest BCUT2D eigenvalue weighted by Gasteiger charge is -2.18. The molecule has 5 nitrogen and oxygen atoms in total. The number of aryl methyl sites for hydroxylation is 2. The highest BCUT2D eigenvalue weighted by Gasteiger charge is 2.20. The molecule has 0 spiro atoms. The van der Waals surface area contributed by atoms with Gasteiger partial charge < -0.3 is 5.32 Å². The van der Waals surface area contributed by atoms with Gasteiger partial charge in [-0.25, -0.2) is 0 Å². The Labute approximate surface area is 162 Å². The molecule has 0 aliphatic carbocycles. The van der Waals surface area contributed by atoms with Crippen molar-refractivity contribution < 1.29 is 4.79 Å². The number of hydrogen-bond acceptors (Lipinski definition) is 4. The highest BCUT2D eigenvalue weighted by atomic mass is 35.5. The average Bonchev–Trinajstić information content (AvgIpc) is 2.67. The molecule has 3 rings (SSSR count). The second-order valence-electron chi connectivity index (χ2n) is 6.21. The van der Waals surface area contributed by atoms with E-state index in [1.54, 1.807) is 43.5 Å². The van der Waals surface area contributed by atoms with E-state index in [2.05, 4.69) is 21.4 Å². The first-order valence-corrected chi connectivity index (χ1v) is 8.71. The number of carbonyl (C=O) groups is 1. The fraction of sp³-hybridized carbons (Fsp3) is 0.143. The largest absolute Gasteiger partial charge is 0.338 e. The molecule has 1 aromatic carbocycles. The number of nitrogens with one attached hydrogen (secondary N) is 1. The van der Waals surface area contributed by atoms with Crippen LogP contribution in [0.3, 0.4) is 0 Å². The summed E-state index contributed by atoms with van der Waals surface area (Å²) in [4.78, 5) is 21.6. The van der Waals surface area contributed by atoms with Crippen LogP contribution in [0.15, 0.2) is 54.9 Å². The van der Waals surface area contributed by atoms with Crippen LogP contribution in [0.5, 0.6) is 0 Å². The zero-order chi connectivity index (χ0) is 19.4. The number of nitrogens with zero attached hydrogens (tertiary/aromatic N) is 3. The Morgan fingerprint density at radius 2 is 1.78 bits per heavy atom. The van der Waals surface area contributed by atoms with Crippen LogP contribution in [0.25, 0.3) is 0 Å². The Bertz CT molecular complexity index is 962. The highest BCUT2D eigenvalue weighted by Crippen LogP contribution is 2.21. The zero-order valence-corrected chi connectivity index (χ0v) is 15.7. The van der Waals surface area contributed by atoms with Crippen molar-refractivity contribution in [3.05, 3.63) is 93.5 Å². The molecule has 134 valence electrons. The van der Waals surface area contributed by atoms with Gasteiger partial charge in [0.05, 0.1) is 28.0 Å². The first-order chi connectivity index (χ1) is 13.0. The molecule has 0 aliphatic heterocycles. The summed E-state index contributed by atoms with van der Waals surface area (Å²) in [6.45, 7) is 3.75. The third-order valence-electron chi connectivity index (χ3n) is 4.16. The van der Waals surface area contributed by atoms with Gasteiger partial charge in [0.15, 0.2) is 0 Å². The molecule has 0 radical (unpaired) electrons. The number of benzene rings is 1. The second kappa shape index (κ2) is 7.98. The second-order valence-corrected chi connectivity index (χ2v) is 6.65. The van der Waals surface area contributed by atoms with Gasteiger partial charge in [-0.15, -0.1) is 0 Å². The predicted octanol–water partition coefficient (Wildman–Crippen LogP) is 4.14. The Morgan fingerprint density at radius 3 is 2.33 bits per heavy atom. The molecule has 1 N–H and O–H groups in total. The number of hydrogen-bond donors (Lipinski definition) is 1. The maximum absolute atomic E-state index is 12.8. The molecule has 27 heavy (non-hydrogen) atoms. The van der Waals surface area contributed by atoms with Crippen molar-refractivity contribution in [3.8, 4) is 6.07 Å². The summed E-state index contributed by atoms with van der Waals surface area (Å²) in [5.41, 5.74) is 4.10. The van der Waals surface area contributed by atoms with Crippen molar-refractivity contribution in [2.24, 2.45) is 0 Å². The van der Waals surface area contributed by atoms with Crippen molar-refractivity contribution in [1.82, 2.24) is 15.3 Å². The number of nitriles is 1. The van der Waals surface area contributed by atoms with E-state index in [1.165, 1.54) is 6.20 Å².